The van der Waals surface area contributed by atoms with Gasteiger partial charge in [0.15, 0.2) is 0 Å². The molecule has 0 bridgehead atoms. The summed E-state index contributed by atoms with van der Waals surface area (Å²) in [5.41, 5.74) is 3.67. The molecular weight excluding hydrogens is 454 g/mol. The van der Waals surface area contributed by atoms with Crippen LogP contribution in [-0.2, 0) is 9.53 Å². The molecule has 34 heavy (non-hydrogen) atoms. The van der Waals surface area contributed by atoms with Gasteiger partial charge in [-0.05, 0) is 65.0 Å². The molecule has 1 heterocycles. The molecule has 2 aromatic carbocycles. The van der Waals surface area contributed by atoms with Gasteiger partial charge in [-0.3, -0.25) is 19.6 Å². The maximum atomic E-state index is 13.0. The molecular formula is C26H28ClN3O4. The third kappa shape index (κ3) is 6.05. The average Bonchev–Trinajstić information content (AvgIpc) is 3.13. The number of para-hydroxylation sites is 1. The predicted molar refractivity (Wildman–Crippen MR) is 134 cm³/mol. The minimum Gasteiger partial charge on any atom is -0.443 e. The molecule has 7 nitrogen and oxygen atoms in total. The van der Waals surface area contributed by atoms with E-state index in [0.717, 1.165) is 5.39 Å². The first-order valence-electron chi connectivity index (χ1n) is 10.9. The second kappa shape index (κ2) is 10.1. The van der Waals surface area contributed by atoms with Gasteiger partial charge >= 0.3 is 6.09 Å². The Morgan fingerprint density at radius 2 is 1.79 bits per heavy atom. The molecule has 0 fully saturated rings. The average molecular weight is 482 g/mol. The zero-order valence-corrected chi connectivity index (χ0v) is 20.6. The van der Waals surface area contributed by atoms with Crippen LogP contribution in [0.3, 0.4) is 0 Å². The SMILES string of the molecule is CC(C)N(NC(=O)c1cccc(Cl)c1)C(=O)/C=C/c1cn(C(=O)OC(C)(C)C)c2ccccc12. The largest absolute Gasteiger partial charge is 0.443 e. The van der Waals surface area contributed by atoms with Crippen molar-refractivity contribution in [1.82, 2.24) is 15.0 Å². The van der Waals surface area contributed by atoms with E-state index >= 15 is 0 Å². The van der Waals surface area contributed by atoms with Crippen molar-refractivity contribution in [3.8, 4) is 0 Å². The van der Waals surface area contributed by atoms with Crippen molar-refractivity contribution in [3.05, 3.63) is 77.0 Å². The second-order valence-corrected chi connectivity index (χ2v) is 9.47. The highest BCUT2D eigenvalue weighted by atomic mass is 35.5. The van der Waals surface area contributed by atoms with Crippen molar-refractivity contribution in [2.75, 3.05) is 0 Å². The number of fused-ring (bicyclic) bond motifs is 1. The molecule has 0 spiro atoms. The first-order chi connectivity index (χ1) is 16.0. The second-order valence-electron chi connectivity index (χ2n) is 9.04. The molecule has 8 heteroatoms. The van der Waals surface area contributed by atoms with Crippen molar-refractivity contribution in [2.45, 2.75) is 46.3 Å². The van der Waals surface area contributed by atoms with E-state index in [0.29, 0.717) is 21.7 Å². The summed E-state index contributed by atoms with van der Waals surface area (Å²) < 4.78 is 6.93. The lowest BCUT2D eigenvalue weighted by Gasteiger charge is -2.26. The van der Waals surface area contributed by atoms with Crippen molar-refractivity contribution < 1.29 is 19.1 Å². The summed E-state index contributed by atoms with van der Waals surface area (Å²) in [7, 11) is 0. The van der Waals surface area contributed by atoms with Crippen LogP contribution in [0.5, 0.6) is 0 Å². The van der Waals surface area contributed by atoms with Crippen LogP contribution >= 0.6 is 11.6 Å². The normalized spacial score (nSPS) is 11.7. The number of halogens is 1. The van der Waals surface area contributed by atoms with Gasteiger partial charge < -0.3 is 4.74 Å². The Bertz CT molecular complexity index is 1250. The van der Waals surface area contributed by atoms with Gasteiger partial charge in [0.2, 0.25) is 0 Å². The van der Waals surface area contributed by atoms with Gasteiger partial charge in [-0.2, -0.15) is 0 Å². The molecule has 0 unspecified atom stereocenters. The van der Waals surface area contributed by atoms with E-state index in [9.17, 15) is 14.4 Å². The zero-order valence-electron chi connectivity index (χ0n) is 19.8. The lowest BCUT2D eigenvalue weighted by molar-refractivity contribution is -0.130. The fourth-order valence-electron chi connectivity index (χ4n) is 3.28. The monoisotopic (exact) mass is 481 g/mol. The summed E-state index contributed by atoms with van der Waals surface area (Å²) in [4.78, 5) is 38.3. The molecule has 1 N–H and O–H groups in total. The molecule has 0 aliphatic carbocycles. The minimum atomic E-state index is -0.645. The highest BCUT2D eigenvalue weighted by Gasteiger charge is 2.21. The van der Waals surface area contributed by atoms with Gasteiger partial charge in [0, 0.05) is 39.9 Å². The smallest absolute Gasteiger partial charge is 0.419 e. The number of nitrogens with zero attached hydrogens (tertiary/aromatic N) is 2. The molecule has 0 saturated heterocycles. The van der Waals surface area contributed by atoms with Crippen LogP contribution in [0.25, 0.3) is 17.0 Å². The Labute approximate surface area is 203 Å². The van der Waals surface area contributed by atoms with Crippen molar-refractivity contribution in [1.29, 1.82) is 0 Å². The first kappa shape index (κ1) is 25.1. The van der Waals surface area contributed by atoms with E-state index in [-0.39, 0.29) is 6.04 Å². The number of rotatable bonds is 4. The van der Waals surface area contributed by atoms with Gasteiger partial charge in [-0.25, -0.2) is 9.80 Å². The summed E-state index contributed by atoms with van der Waals surface area (Å²) in [5.74, 6) is -0.862. The van der Waals surface area contributed by atoms with E-state index < -0.39 is 23.5 Å². The van der Waals surface area contributed by atoms with E-state index in [1.807, 2.05) is 24.3 Å². The standard InChI is InChI=1S/C26H28ClN3O4/c1-17(2)30(28-24(32)18-9-8-10-20(27)15-18)23(31)14-13-19-16-29(25(33)34-26(3,4)5)22-12-7-6-11-21(19)22/h6-17H,1-5H3,(H,28,32)/b14-13+. The molecule has 3 rings (SSSR count). The molecule has 2 amide bonds. The number of ether oxygens (including phenoxy) is 1. The number of hydrazine groups is 1. The van der Waals surface area contributed by atoms with Crippen molar-refractivity contribution in [2.24, 2.45) is 0 Å². The number of amides is 2. The summed E-state index contributed by atoms with van der Waals surface area (Å²) in [6.45, 7) is 8.98. The first-order valence-corrected chi connectivity index (χ1v) is 11.3. The Morgan fingerprint density at radius 3 is 2.44 bits per heavy atom. The fraction of sp³-hybridized carbons (Fsp3) is 0.269. The summed E-state index contributed by atoms with van der Waals surface area (Å²) in [5, 5.41) is 2.46. The third-order valence-electron chi connectivity index (χ3n) is 4.80. The van der Waals surface area contributed by atoms with E-state index in [1.165, 1.54) is 21.7 Å². The molecule has 0 aliphatic rings. The number of aromatic nitrogens is 1. The highest BCUT2D eigenvalue weighted by Crippen LogP contribution is 2.24. The molecule has 1 aromatic heterocycles. The van der Waals surface area contributed by atoms with Gasteiger partial charge in [-0.1, -0.05) is 35.9 Å². The third-order valence-corrected chi connectivity index (χ3v) is 5.04. The molecule has 0 atom stereocenters. The Balaban J connectivity index is 1.85. The zero-order chi connectivity index (χ0) is 25.0. The lowest BCUT2D eigenvalue weighted by Crippen LogP contribution is -2.49. The molecule has 3 aromatic rings. The van der Waals surface area contributed by atoms with Gasteiger partial charge in [-0.15, -0.1) is 0 Å². The van der Waals surface area contributed by atoms with Crippen LogP contribution in [0.1, 0.15) is 50.5 Å². The number of hydrogen-bond acceptors (Lipinski definition) is 4. The molecule has 178 valence electrons. The van der Waals surface area contributed by atoms with Crippen LogP contribution in [-0.4, -0.2) is 39.1 Å². The van der Waals surface area contributed by atoms with Gasteiger partial charge in [0.25, 0.3) is 11.8 Å². The summed E-state index contributed by atoms with van der Waals surface area (Å²) >= 11 is 5.97. The van der Waals surface area contributed by atoms with Gasteiger partial charge in [0.05, 0.1) is 5.52 Å². The Kier molecular flexibility index (Phi) is 7.47. The van der Waals surface area contributed by atoms with E-state index in [4.69, 9.17) is 16.3 Å². The Morgan fingerprint density at radius 1 is 1.09 bits per heavy atom. The molecule has 0 radical (unpaired) electrons. The number of benzene rings is 2. The van der Waals surface area contributed by atoms with Crippen LogP contribution in [0.15, 0.2) is 60.8 Å². The topological polar surface area (TPSA) is 80.6 Å². The number of hydrogen-bond donors (Lipinski definition) is 1. The van der Waals surface area contributed by atoms with Crippen LogP contribution in [0.4, 0.5) is 4.79 Å². The summed E-state index contributed by atoms with van der Waals surface area (Å²) in [6, 6.07) is 13.5. The van der Waals surface area contributed by atoms with Gasteiger partial charge in [0.1, 0.15) is 5.60 Å². The van der Waals surface area contributed by atoms with Crippen molar-refractivity contribution in [3.63, 3.8) is 0 Å². The quantitative estimate of drug-likeness (QED) is 0.384. The van der Waals surface area contributed by atoms with Crippen LogP contribution in [0, 0.1) is 0 Å². The van der Waals surface area contributed by atoms with Crippen LogP contribution < -0.4 is 5.43 Å². The van der Waals surface area contributed by atoms with Crippen LogP contribution in [0.2, 0.25) is 5.02 Å². The minimum absolute atomic E-state index is 0.302. The highest BCUT2D eigenvalue weighted by molar-refractivity contribution is 6.31. The van der Waals surface area contributed by atoms with Crippen molar-refractivity contribution >= 4 is 46.5 Å². The fourth-order valence-corrected chi connectivity index (χ4v) is 3.47. The lowest BCUT2D eigenvalue weighted by atomic mass is 10.1. The Hall–Kier alpha value is -3.58. The number of carbonyl (C=O) groups is 3. The number of nitrogens with one attached hydrogen (secondary N) is 1. The molecule has 0 aliphatic heterocycles. The van der Waals surface area contributed by atoms with E-state index in [1.54, 1.807) is 65.1 Å². The molecule has 0 saturated carbocycles. The number of carbonyl (C=O) groups excluding carboxylic acids is 3. The maximum absolute atomic E-state index is 13.0. The maximum Gasteiger partial charge on any atom is 0.419 e. The predicted octanol–water partition coefficient (Wildman–Crippen LogP) is 5.67. The summed E-state index contributed by atoms with van der Waals surface area (Å²) in [6.07, 6.45) is 4.10. The van der Waals surface area contributed by atoms with E-state index in [2.05, 4.69) is 5.43 Å².